The van der Waals surface area contributed by atoms with Gasteiger partial charge in [0.25, 0.3) is 0 Å². The first-order chi connectivity index (χ1) is 26.8. The van der Waals surface area contributed by atoms with Crippen LogP contribution in [0.1, 0.15) is 0 Å². The van der Waals surface area contributed by atoms with Gasteiger partial charge in [-0.1, -0.05) is 158 Å². The average molecular weight is 691 g/mol. The number of anilines is 3. The Morgan fingerprint density at radius 1 is 0.389 bits per heavy atom. The van der Waals surface area contributed by atoms with Gasteiger partial charge >= 0.3 is 0 Å². The van der Waals surface area contributed by atoms with Crippen molar-refractivity contribution in [2.75, 3.05) is 4.90 Å². The minimum absolute atomic E-state index is 0.599. The molecule has 0 N–H and O–H groups in total. The van der Waals surface area contributed by atoms with Crippen LogP contribution in [0.3, 0.4) is 0 Å². The maximum atomic E-state index is 5.56. The topological polar surface area (TPSA) is 59.7 Å². The standard InChI is InChI=1S/C48H30N6/c1-3-16-33(17-4-1)45-50-46(34-18-5-2-6-19-34)52-47(51-45)35-20-13-21-36(30-35)53-41-25-12-11-24-39(41)40-28-26-32-15-8-10-23-38(32)44(40)54-42-29-27-31-14-7-9-22-37(31)43(42)49-48(53)54/h1-30H. The number of imidazole rings is 1. The van der Waals surface area contributed by atoms with Gasteiger partial charge in [-0.3, -0.25) is 9.47 Å². The lowest BCUT2D eigenvalue weighted by Crippen LogP contribution is -2.14. The summed E-state index contributed by atoms with van der Waals surface area (Å²) in [7, 11) is 0. The predicted molar refractivity (Wildman–Crippen MR) is 219 cm³/mol. The third-order valence-corrected chi connectivity index (χ3v) is 10.4. The van der Waals surface area contributed by atoms with Crippen molar-refractivity contribution in [2.45, 2.75) is 0 Å². The minimum atomic E-state index is 0.599. The van der Waals surface area contributed by atoms with Crippen LogP contribution in [-0.4, -0.2) is 24.5 Å². The number of para-hydroxylation sites is 1. The molecule has 0 aliphatic carbocycles. The molecule has 8 aromatic carbocycles. The van der Waals surface area contributed by atoms with Crippen LogP contribution in [0.25, 0.3) is 83.6 Å². The van der Waals surface area contributed by atoms with E-state index in [0.29, 0.717) is 17.5 Å². The Morgan fingerprint density at radius 2 is 0.963 bits per heavy atom. The first-order valence-electron chi connectivity index (χ1n) is 18.1. The smallest absolute Gasteiger partial charge is 0.220 e. The Bertz CT molecular complexity index is 3000. The molecule has 1 aliphatic rings. The summed E-state index contributed by atoms with van der Waals surface area (Å²) in [5.41, 5.74) is 10.1. The fourth-order valence-electron chi connectivity index (χ4n) is 7.86. The van der Waals surface area contributed by atoms with Crippen LogP contribution >= 0.6 is 0 Å². The van der Waals surface area contributed by atoms with Gasteiger partial charge in [0, 0.05) is 44.3 Å². The van der Waals surface area contributed by atoms with Crippen LogP contribution in [0.15, 0.2) is 182 Å². The van der Waals surface area contributed by atoms with E-state index in [-0.39, 0.29) is 0 Å². The Morgan fingerprint density at radius 3 is 1.70 bits per heavy atom. The Kier molecular flexibility index (Phi) is 6.75. The highest BCUT2D eigenvalue weighted by molar-refractivity contribution is 6.10. The molecule has 0 saturated heterocycles. The van der Waals surface area contributed by atoms with Gasteiger partial charge in [-0.05, 0) is 35.0 Å². The summed E-state index contributed by atoms with van der Waals surface area (Å²) in [6.07, 6.45) is 0. The van der Waals surface area contributed by atoms with E-state index in [9.17, 15) is 0 Å². The van der Waals surface area contributed by atoms with E-state index in [1.807, 2.05) is 60.7 Å². The van der Waals surface area contributed by atoms with E-state index in [0.717, 1.165) is 72.6 Å². The van der Waals surface area contributed by atoms with Crippen molar-refractivity contribution in [2.24, 2.45) is 0 Å². The molecule has 0 spiro atoms. The summed E-state index contributed by atoms with van der Waals surface area (Å²) in [5, 5.41) is 4.62. The second-order valence-electron chi connectivity index (χ2n) is 13.5. The highest BCUT2D eigenvalue weighted by Crippen LogP contribution is 2.50. The van der Waals surface area contributed by atoms with Crippen LogP contribution in [-0.2, 0) is 0 Å². The Hall–Kier alpha value is -7.44. The number of aromatic nitrogens is 5. The highest BCUT2D eigenvalue weighted by atomic mass is 15.3. The molecule has 54 heavy (non-hydrogen) atoms. The van der Waals surface area contributed by atoms with E-state index in [4.69, 9.17) is 19.9 Å². The lowest BCUT2D eigenvalue weighted by Gasteiger charge is -2.25. The van der Waals surface area contributed by atoms with Gasteiger partial charge in [0.2, 0.25) is 5.95 Å². The fraction of sp³-hybridized carbons (Fsp3) is 0. The summed E-state index contributed by atoms with van der Waals surface area (Å²) in [4.78, 5) is 22.9. The Balaban J connectivity index is 1.19. The number of fused-ring (bicyclic) bond motifs is 11. The molecule has 252 valence electrons. The molecule has 6 heteroatoms. The van der Waals surface area contributed by atoms with Crippen molar-refractivity contribution < 1.29 is 0 Å². The second kappa shape index (κ2) is 12.1. The SMILES string of the molecule is c1ccc(-c2nc(-c3ccccc3)nc(-c3cccc(N4c5ccccc5-c5ccc6ccccc6c5-n5c4nc4c6ccccc6ccc45)c3)n2)cc1. The predicted octanol–water partition coefficient (Wildman–Crippen LogP) is 12.0. The molecule has 0 amide bonds. The lowest BCUT2D eigenvalue weighted by atomic mass is 9.96. The van der Waals surface area contributed by atoms with Crippen LogP contribution in [0.5, 0.6) is 0 Å². The zero-order chi connectivity index (χ0) is 35.6. The largest absolute Gasteiger partial charge is 0.280 e. The van der Waals surface area contributed by atoms with Gasteiger partial charge in [-0.25, -0.2) is 19.9 Å². The molecule has 0 bridgehead atoms. The van der Waals surface area contributed by atoms with Gasteiger partial charge < -0.3 is 0 Å². The summed E-state index contributed by atoms with van der Waals surface area (Å²) >= 11 is 0. The number of hydrogen-bond donors (Lipinski definition) is 0. The number of nitrogens with zero attached hydrogens (tertiary/aromatic N) is 6. The molecular weight excluding hydrogens is 661 g/mol. The van der Waals surface area contributed by atoms with Gasteiger partial charge in [-0.15, -0.1) is 0 Å². The maximum Gasteiger partial charge on any atom is 0.220 e. The maximum absolute atomic E-state index is 5.56. The number of hydrogen-bond acceptors (Lipinski definition) is 5. The van der Waals surface area contributed by atoms with Crippen LogP contribution in [0.2, 0.25) is 0 Å². The van der Waals surface area contributed by atoms with E-state index < -0.39 is 0 Å². The van der Waals surface area contributed by atoms with Crippen LogP contribution < -0.4 is 4.90 Å². The fourth-order valence-corrected chi connectivity index (χ4v) is 7.86. The average Bonchev–Trinajstić information content (AvgIpc) is 3.57. The van der Waals surface area contributed by atoms with Gasteiger partial charge in [0.1, 0.15) is 0 Å². The zero-order valence-electron chi connectivity index (χ0n) is 29.0. The first-order valence-corrected chi connectivity index (χ1v) is 18.1. The molecule has 1 aliphatic heterocycles. The zero-order valence-corrected chi connectivity index (χ0v) is 29.0. The molecule has 6 nitrogen and oxygen atoms in total. The summed E-state index contributed by atoms with van der Waals surface area (Å²) in [5.74, 6) is 2.66. The van der Waals surface area contributed by atoms with E-state index in [1.165, 1.54) is 10.8 Å². The van der Waals surface area contributed by atoms with Crippen molar-refractivity contribution >= 4 is 49.9 Å². The molecule has 10 aromatic rings. The molecule has 0 fully saturated rings. The summed E-state index contributed by atoms with van der Waals surface area (Å²) in [6, 6.07) is 63.3. The normalized spacial score (nSPS) is 12.0. The molecule has 0 unspecified atom stereocenters. The van der Waals surface area contributed by atoms with Crippen LogP contribution in [0.4, 0.5) is 17.3 Å². The Labute approximate surface area is 311 Å². The number of rotatable bonds is 4. The monoisotopic (exact) mass is 690 g/mol. The van der Waals surface area contributed by atoms with Crippen molar-refractivity contribution in [1.82, 2.24) is 24.5 Å². The van der Waals surface area contributed by atoms with E-state index in [2.05, 4.69) is 131 Å². The van der Waals surface area contributed by atoms with Crippen molar-refractivity contribution in [3.8, 4) is 51.0 Å². The van der Waals surface area contributed by atoms with Crippen molar-refractivity contribution in [3.63, 3.8) is 0 Å². The molecular formula is C48H30N6. The number of benzene rings is 8. The lowest BCUT2D eigenvalue weighted by molar-refractivity contribution is 1.05. The van der Waals surface area contributed by atoms with Crippen molar-refractivity contribution in [1.29, 1.82) is 0 Å². The highest BCUT2D eigenvalue weighted by Gasteiger charge is 2.31. The van der Waals surface area contributed by atoms with Gasteiger partial charge in [-0.2, -0.15) is 0 Å². The van der Waals surface area contributed by atoms with Crippen LogP contribution in [0, 0.1) is 0 Å². The molecule has 0 atom stereocenters. The molecule has 0 saturated carbocycles. The quantitative estimate of drug-likeness (QED) is 0.184. The van der Waals surface area contributed by atoms with E-state index >= 15 is 0 Å². The third-order valence-electron chi connectivity index (χ3n) is 10.4. The van der Waals surface area contributed by atoms with Gasteiger partial charge in [0.15, 0.2) is 17.5 Å². The molecule has 11 rings (SSSR count). The first kappa shape index (κ1) is 30.2. The van der Waals surface area contributed by atoms with Gasteiger partial charge in [0.05, 0.1) is 22.4 Å². The van der Waals surface area contributed by atoms with E-state index in [1.54, 1.807) is 0 Å². The summed E-state index contributed by atoms with van der Waals surface area (Å²) in [6.45, 7) is 0. The minimum Gasteiger partial charge on any atom is -0.280 e. The molecule has 0 radical (unpaired) electrons. The molecule has 2 aromatic heterocycles. The summed E-state index contributed by atoms with van der Waals surface area (Å²) < 4.78 is 2.36. The van der Waals surface area contributed by atoms with Crippen molar-refractivity contribution in [3.05, 3.63) is 182 Å². The third kappa shape index (κ3) is 4.74. The second-order valence-corrected chi connectivity index (χ2v) is 13.5. The molecule has 3 heterocycles.